The molecule has 0 atom stereocenters. The highest BCUT2D eigenvalue weighted by Gasteiger charge is 2.24. The summed E-state index contributed by atoms with van der Waals surface area (Å²) in [5.74, 6) is -8.19. The van der Waals surface area contributed by atoms with Gasteiger partial charge in [-0.25, -0.2) is 22.0 Å². The Kier molecular flexibility index (Phi) is 7.58. The van der Waals surface area contributed by atoms with Gasteiger partial charge in [-0.1, -0.05) is 12.1 Å². The summed E-state index contributed by atoms with van der Waals surface area (Å²) in [5, 5.41) is 4.18. The van der Waals surface area contributed by atoms with Crippen molar-refractivity contribution in [1.82, 2.24) is 4.98 Å². The summed E-state index contributed by atoms with van der Waals surface area (Å²) in [4.78, 5) is 6.85. The summed E-state index contributed by atoms with van der Waals surface area (Å²) in [5.41, 5.74) is 1.28. The van der Waals surface area contributed by atoms with Crippen LogP contribution >= 0.6 is 45.3 Å². The van der Waals surface area contributed by atoms with E-state index in [4.69, 9.17) is 0 Å². The Labute approximate surface area is 190 Å². The largest absolute Gasteiger partial charge is 0.263 e. The van der Waals surface area contributed by atoms with E-state index in [9.17, 15) is 22.0 Å². The first kappa shape index (κ1) is 22.4. The lowest BCUT2D eigenvalue weighted by molar-refractivity contribution is 0.376. The average molecular weight is 561 g/mol. The Bertz CT molecular complexity index is 1130. The SMILES string of the molecule is Fc1c(F)c(F)c(C#CI)c(F)c1F.c1csc(-c2cncc(-c3cccs3)c2)c1. The predicted molar refractivity (Wildman–Crippen MR) is 118 cm³/mol. The number of aromatic nitrogens is 1. The first-order valence-corrected chi connectivity index (χ1v) is 10.9. The van der Waals surface area contributed by atoms with Crippen molar-refractivity contribution in [2.24, 2.45) is 0 Å². The highest BCUT2D eigenvalue weighted by molar-refractivity contribution is 14.1. The third kappa shape index (κ3) is 4.88. The molecule has 0 N–H and O–H groups in total. The van der Waals surface area contributed by atoms with E-state index in [-0.39, 0.29) is 0 Å². The zero-order valence-corrected chi connectivity index (χ0v) is 18.5. The third-order valence-electron chi connectivity index (χ3n) is 3.73. The molecule has 0 saturated carbocycles. The summed E-state index contributed by atoms with van der Waals surface area (Å²) in [6, 6.07) is 10.6. The summed E-state index contributed by atoms with van der Waals surface area (Å²) >= 11 is 4.91. The fourth-order valence-electron chi connectivity index (χ4n) is 2.36. The molecule has 0 aliphatic rings. The van der Waals surface area contributed by atoms with Crippen LogP contribution in [0, 0.1) is 38.9 Å². The van der Waals surface area contributed by atoms with Crippen molar-refractivity contribution >= 4 is 45.3 Å². The van der Waals surface area contributed by atoms with Crippen molar-refractivity contribution in [2.75, 3.05) is 0 Å². The zero-order chi connectivity index (χ0) is 21.7. The van der Waals surface area contributed by atoms with Crippen LogP contribution in [-0.4, -0.2) is 4.98 Å². The van der Waals surface area contributed by atoms with Crippen LogP contribution in [0.15, 0.2) is 53.5 Å². The van der Waals surface area contributed by atoms with Crippen LogP contribution in [-0.2, 0) is 0 Å². The molecule has 152 valence electrons. The Morgan fingerprint density at radius 1 is 0.733 bits per heavy atom. The van der Waals surface area contributed by atoms with Gasteiger partial charge in [0.05, 0.1) is 0 Å². The highest BCUT2D eigenvalue weighted by Crippen LogP contribution is 2.30. The van der Waals surface area contributed by atoms with Gasteiger partial charge in [0.1, 0.15) is 5.56 Å². The Morgan fingerprint density at radius 2 is 1.20 bits per heavy atom. The number of thiophene rings is 2. The molecule has 0 radical (unpaired) electrons. The van der Waals surface area contributed by atoms with Crippen molar-refractivity contribution in [3.05, 3.63) is 88.1 Å². The topological polar surface area (TPSA) is 12.9 Å². The number of benzene rings is 1. The number of pyridine rings is 1. The van der Waals surface area contributed by atoms with Crippen LogP contribution in [0.2, 0.25) is 0 Å². The molecule has 1 nitrogen and oxygen atoms in total. The molecular weight excluding hydrogens is 552 g/mol. The predicted octanol–water partition coefficient (Wildman–Crippen LogP) is 7.66. The molecule has 4 rings (SSSR count). The van der Waals surface area contributed by atoms with Crippen molar-refractivity contribution in [3.63, 3.8) is 0 Å². The Morgan fingerprint density at radius 3 is 1.60 bits per heavy atom. The Balaban J connectivity index is 0.000000173. The number of hydrogen-bond donors (Lipinski definition) is 0. The maximum absolute atomic E-state index is 12.8. The molecule has 0 aliphatic heterocycles. The average Bonchev–Trinajstić information content (AvgIpc) is 3.49. The van der Waals surface area contributed by atoms with Gasteiger partial charge >= 0.3 is 0 Å². The molecule has 3 heterocycles. The minimum Gasteiger partial charge on any atom is -0.263 e. The number of hydrogen-bond acceptors (Lipinski definition) is 3. The van der Waals surface area contributed by atoms with Crippen LogP contribution in [0.3, 0.4) is 0 Å². The second kappa shape index (κ2) is 10.1. The van der Waals surface area contributed by atoms with Crippen molar-refractivity contribution < 1.29 is 22.0 Å². The Hall–Kier alpha value is -2.29. The molecule has 0 saturated heterocycles. The first-order valence-electron chi connectivity index (χ1n) is 8.10. The van der Waals surface area contributed by atoms with Gasteiger partial charge in [-0.15, -0.1) is 22.7 Å². The van der Waals surface area contributed by atoms with E-state index in [1.165, 1.54) is 43.5 Å². The molecule has 0 amide bonds. The maximum atomic E-state index is 12.8. The fraction of sp³-hybridized carbons (Fsp3) is 0. The quantitative estimate of drug-likeness (QED) is 0.0806. The van der Waals surface area contributed by atoms with Crippen molar-refractivity contribution in [1.29, 1.82) is 0 Å². The molecule has 0 bridgehead atoms. The monoisotopic (exact) mass is 561 g/mol. The van der Waals surface area contributed by atoms with Gasteiger partial charge < -0.3 is 0 Å². The minimum atomic E-state index is -2.18. The van der Waals surface area contributed by atoms with E-state index in [0.29, 0.717) is 0 Å². The molecule has 9 heteroatoms. The van der Waals surface area contributed by atoms with Crippen LogP contribution in [0.4, 0.5) is 22.0 Å². The number of halogens is 6. The van der Waals surface area contributed by atoms with Gasteiger partial charge in [-0.3, -0.25) is 4.98 Å². The molecule has 4 aromatic rings. The molecule has 3 aromatic heterocycles. The highest BCUT2D eigenvalue weighted by atomic mass is 127. The lowest BCUT2D eigenvalue weighted by atomic mass is 10.1. The van der Waals surface area contributed by atoms with Crippen molar-refractivity contribution in [3.8, 4) is 30.7 Å². The number of rotatable bonds is 2. The van der Waals surface area contributed by atoms with Crippen LogP contribution in [0.5, 0.6) is 0 Å². The number of nitrogens with zero attached hydrogens (tertiary/aromatic N) is 1. The zero-order valence-electron chi connectivity index (χ0n) is 14.7. The summed E-state index contributed by atoms with van der Waals surface area (Å²) in [7, 11) is 0. The lowest BCUT2D eigenvalue weighted by Gasteiger charge is -2.01. The standard InChI is InChI=1S/C13H9NS2.C8F5I/c1-3-12(15-5-1)10-7-11(9-14-8-10)13-4-2-6-16-13;9-4-3(1-2-14)5(10)7(12)8(13)6(4)11/h1-9H;. The molecule has 0 fully saturated rings. The van der Waals surface area contributed by atoms with Crippen molar-refractivity contribution in [2.45, 2.75) is 0 Å². The molecule has 0 spiro atoms. The van der Waals surface area contributed by atoms with Gasteiger partial charge in [0.2, 0.25) is 5.82 Å². The molecule has 1 aromatic carbocycles. The normalized spacial score (nSPS) is 10.1. The van der Waals surface area contributed by atoms with Gasteiger partial charge in [-0.05, 0) is 38.8 Å². The maximum Gasteiger partial charge on any atom is 0.200 e. The lowest BCUT2D eigenvalue weighted by Crippen LogP contribution is -2.04. The van der Waals surface area contributed by atoms with Gasteiger partial charge in [0.25, 0.3) is 0 Å². The smallest absolute Gasteiger partial charge is 0.200 e. The van der Waals surface area contributed by atoms with Crippen LogP contribution in [0.25, 0.3) is 20.9 Å². The second-order valence-corrected chi connectivity index (χ2v) is 8.02. The second-order valence-electron chi connectivity index (χ2n) is 5.58. The summed E-state index contributed by atoms with van der Waals surface area (Å²) in [6.45, 7) is 0. The van der Waals surface area contributed by atoms with E-state index >= 15 is 0 Å². The van der Waals surface area contributed by atoms with Gasteiger partial charge in [0.15, 0.2) is 23.3 Å². The van der Waals surface area contributed by atoms with E-state index in [1.54, 1.807) is 28.6 Å². The first-order chi connectivity index (χ1) is 14.4. The molecule has 0 aliphatic carbocycles. The van der Waals surface area contributed by atoms with E-state index in [0.717, 1.165) is 0 Å². The molecular formula is C21H9F5INS2. The molecule has 0 unspecified atom stereocenters. The summed E-state index contributed by atoms with van der Waals surface area (Å²) in [6.07, 6.45) is 3.84. The fourth-order valence-corrected chi connectivity index (χ4v) is 4.04. The molecule has 30 heavy (non-hydrogen) atoms. The van der Waals surface area contributed by atoms with E-state index < -0.39 is 34.6 Å². The van der Waals surface area contributed by atoms with Gasteiger partial charge in [0, 0.05) is 55.9 Å². The van der Waals surface area contributed by atoms with Crippen LogP contribution in [0.1, 0.15) is 5.56 Å². The minimum absolute atomic E-state index is 1.12. The van der Waals surface area contributed by atoms with E-state index in [2.05, 4.69) is 46.1 Å². The van der Waals surface area contributed by atoms with Crippen LogP contribution < -0.4 is 0 Å². The van der Waals surface area contributed by atoms with E-state index in [1.807, 2.05) is 16.3 Å². The van der Waals surface area contributed by atoms with Gasteiger partial charge in [-0.2, -0.15) is 0 Å². The summed E-state index contributed by atoms with van der Waals surface area (Å²) < 4.78 is 65.0. The third-order valence-corrected chi connectivity index (χ3v) is 5.84.